The van der Waals surface area contributed by atoms with Gasteiger partial charge in [0, 0.05) is 30.1 Å². The molecule has 0 amide bonds. The standard InChI is InChI=1S/C18H19N/c1-12-7-3-4-8-14(12)18-13(2)19-11-16(18)15-9-5-6-10-17(15)19/h3-10,13,16,18H,11H2,1-2H3/t13-,16?,18?/m1/s1. The molecule has 4 rings (SSSR count). The van der Waals surface area contributed by atoms with Crippen LogP contribution in [-0.2, 0) is 0 Å². The molecule has 19 heavy (non-hydrogen) atoms. The van der Waals surface area contributed by atoms with E-state index in [9.17, 15) is 0 Å². The summed E-state index contributed by atoms with van der Waals surface area (Å²) in [5, 5.41) is 0. The Kier molecular flexibility index (Phi) is 2.26. The normalized spacial score (nSPS) is 27.7. The molecule has 2 heterocycles. The highest BCUT2D eigenvalue weighted by Gasteiger charge is 2.47. The minimum atomic E-state index is 0.612. The second-order valence-corrected chi connectivity index (χ2v) is 5.94. The van der Waals surface area contributed by atoms with Crippen LogP contribution >= 0.6 is 0 Å². The fraction of sp³-hybridized carbons (Fsp3) is 0.333. The van der Waals surface area contributed by atoms with Gasteiger partial charge in [0.05, 0.1) is 0 Å². The zero-order valence-corrected chi connectivity index (χ0v) is 11.5. The Hall–Kier alpha value is -1.76. The van der Waals surface area contributed by atoms with Crippen LogP contribution in [0.15, 0.2) is 48.5 Å². The zero-order valence-electron chi connectivity index (χ0n) is 11.5. The molecule has 2 aromatic carbocycles. The lowest BCUT2D eigenvalue weighted by molar-refractivity contribution is 0.567. The second-order valence-electron chi connectivity index (χ2n) is 5.94. The number of nitrogens with zero attached hydrogens (tertiary/aromatic N) is 1. The van der Waals surface area contributed by atoms with E-state index in [1.165, 1.54) is 23.4 Å². The van der Waals surface area contributed by atoms with Crippen LogP contribution in [0.25, 0.3) is 0 Å². The van der Waals surface area contributed by atoms with E-state index in [2.05, 4.69) is 67.3 Å². The largest absolute Gasteiger partial charge is 0.367 e. The van der Waals surface area contributed by atoms with Gasteiger partial charge in [-0.2, -0.15) is 0 Å². The van der Waals surface area contributed by atoms with Crippen LogP contribution in [-0.4, -0.2) is 12.6 Å². The molecule has 0 aliphatic carbocycles. The summed E-state index contributed by atoms with van der Waals surface area (Å²) in [6.07, 6.45) is 0. The van der Waals surface area contributed by atoms with E-state index in [1.807, 2.05) is 0 Å². The first-order valence-corrected chi connectivity index (χ1v) is 7.18. The third-order valence-corrected chi connectivity index (χ3v) is 5.03. The summed E-state index contributed by atoms with van der Waals surface area (Å²) >= 11 is 0. The number of hydrogen-bond donors (Lipinski definition) is 0. The number of rotatable bonds is 1. The fourth-order valence-corrected chi connectivity index (χ4v) is 4.13. The molecule has 2 aliphatic rings. The van der Waals surface area contributed by atoms with Gasteiger partial charge < -0.3 is 4.90 Å². The third kappa shape index (κ3) is 1.42. The van der Waals surface area contributed by atoms with Gasteiger partial charge >= 0.3 is 0 Å². The molecule has 0 aromatic heterocycles. The second kappa shape index (κ2) is 3.86. The van der Waals surface area contributed by atoms with Crippen molar-refractivity contribution in [2.45, 2.75) is 31.7 Å². The van der Waals surface area contributed by atoms with Crippen molar-refractivity contribution in [1.82, 2.24) is 0 Å². The molecule has 0 saturated carbocycles. The lowest BCUT2D eigenvalue weighted by Crippen LogP contribution is -2.31. The minimum absolute atomic E-state index is 0.612. The number of para-hydroxylation sites is 1. The van der Waals surface area contributed by atoms with Crippen LogP contribution in [0.5, 0.6) is 0 Å². The molecule has 3 atom stereocenters. The van der Waals surface area contributed by atoms with E-state index < -0.39 is 0 Å². The smallest absolute Gasteiger partial charge is 0.0405 e. The van der Waals surface area contributed by atoms with E-state index in [1.54, 1.807) is 5.56 Å². The van der Waals surface area contributed by atoms with Crippen LogP contribution < -0.4 is 4.90 Å². The Morgan fingerprint density at radius 1 is 0.947 bits per heavy atom. The quantitative estimate of drug-likeness (QED) is 0.736. The summed E-state index contributed by atoms with van der Waals surface area (Å²) in [6.45, 7) is 5.82. The molecule has 1 nitrogen and oxygen atoms in total. The lowest BCUT2D eigenvalue weighted by Gasteiger charge is -2.33. The molecule has 0 N–H and O–H groups in total. The van der Waals surface area contributed by atoms with Crippen molar-refractivity contribution in [2.24, 2.45) is 0 Å². The molecular weight excluding hydrogens is 230 g/mol. The molecular formula is C18H19N. The van der Waals surface area contributed by atoms with Crippen LogP contribution in [0.2, 0.25) is 0 Å². The lowest BCUT2D eigenvalue weighted by atomic mass is 9.78. The number of benzene rings is 2. The van der Waals surface area contributed by atoms with Crippen molar-refractivity contribution in [1.29, 1.82) is 0 Å². The molecule has 0 spiro atoms. The van der Waals surface area contributed by atoms with Crippen LogP contribution in [0.3, 0.4) is 0 Å². The summed E-state index contributed by atoms with van der Waals surface area (Å²) in [5.74, 6) is 1.32. The predicted molar refractivity (Wildman–Crippen MR) is 79.9 cm³/mol. The van der Waals surface area contributed by atoms with E-state index >= 15 is 0 Å². The van der Waals surface area contributed by atoms with Crippen molar-refractivity contribution < 1.29 is 0 Å². The highest BCUT2D eigenvalue weighted by Crippen LogP contribution is 2.54. The maximum absolute atomic E-state index is 2.59. The molecule has 2 unspecified atom stereocenters. The van der Waals surface area contributed by atoms with Gasteiger partial charge in [0.25, 0.3) is 0 Å². The zero-order chi connectivity index (χ0) is 13.0. The van der Waals surface area contributed by atoms with Crippen LogP contribution in [0.1, 0.15) is 35.4 Å². The van der Waals surface area contributed by atoms with E-state index in [0.717, 1.165) is 0 Å². The number of fused-ring (bicyclic) bond motifs is 5. The number of hydrogen-bond acceptors (Lipinski definition) is 1. The topological polar surface area (TPSA) is 3.24 Å². The Balaban J connectivity index is 1.84. The van der Waals surface area contributed by atoms with Gasteiger partial charge in [0.15, 0.2) is 0 Å². The van der Waals surface area contributed by atoms with Gasteiger partial charge in [-0.1, -0.05) is 42.5 Å². The number of aryl methyl sites for hydroxylation is 1. The highest BCUT2D eigenvalue weighted by atomic mass is 15.2. The van der Waals surface area contributed by atoms with Gasteiger partial charge in [0.1, 0.15) is 0 Å². The highest BCUT2D eigenvalue weighted by molar-refractivity contribution is 5.66. The SMILES string of the molecule is Cc1ccccc1C1C2CN(c3ccccc32)[C@@H]1C. The Morgan fingerprint density at radius 3 is 2.42 bits per heavy atom. The summed E-state index contributed by atoms with van der Waals surface area (Å²) < 4.78 is 0. The maximum atomic E-state index is 2.59. The van der Waals surface area contributed by atoms with Crippen LogP contribution in [0.4, 0.5) is 5.69 Å². The monoisotopic (exact) mass is 249 g/mol. The van der Waals surface area contributed by atoms with E-state index in [4.69, 9.17) is 0 Å². The first-order chi connectivity index (χ1) is 9.27. The fourth-order valence-electron chi connectivity index (χ4n) is 4.13. The van der Waals surface area contributed by atoms with Gasteiger partial charge in [-0.15, -0.1) is 0 Å². The average molecular weight is 249 g/mol. The predicted octanol–water partition coefficient (Wildman–Crippen LogP) is 4.08. The first-order valence-electron chi connectivity index (χ1n) is 7.18. The Labute approximate surface area is 114 Å². The Bertz CT molecular complexity index is 631. The van der Waals surface area contributed by atoms with Crippen molar-refractivity contribution in [2.75, 3.05) is 11.4 Å². The molecule has 1 heteroatoms. The molecule has 1 fully saturated rings. The van der Waals surface area contributed by atoms with Crippen molar-refractivity contribution in [3.63, 3.8) is 0 Å². The van der Waals surface area contributed by atoms with E-state index in [0.29, 0.717) is 17.9 Å². The van der Waals surface area contributed by atoms with Crippen molar-refractivity contribution in [3.05, 3.63) is 65.2 Å². The molecule has 2 bridgehead atoms. The minimum Gasteiger partial charge on any atom is -0.367 e. The molecule has 2 aromatic rings. The van der Waals surface area contributed by atoms with Crippen LogP contribution in [0, 0.1) is 6.92 Å². The van der Waals surface area contributed by atoms with Gasteiger partial charge in [-0.05, 0) is 36.6 Å². The third-order valence-electron chi connectivity index (χ3n) is 5.03. The summed E-state index contributed by atoms with van der Waals surface area (Å²) in [5.41, 5.74) is 5.99. The number of anilines is 1. The maximum Gasteiger partial charge on any atom is 0.0405 e. The Morgan fingerprint density at radius 2 is 1.63 bits per heavy atom. The summed E-state index contributed by atoms with van der Waals surface area (Å²) in [6, 6.07) is 18.4. The molecule has 96 valence electrons. The van der Waals surface area contributed by atoms with Crippen molar-refractivity contribution in [3.8, 4) is 0 Å². The average Bonchev–Trinajstić information content (AvgIpc) is 2.96. The van der Waals surface area contributed by atoms with Gasteiger partial charge in [-0.25, -0.2) is 0 Å². The molecule has 0 radical (unpaired) electrons. The van der Waals surface area contributed by atoms with E-state index in [-0.39, 0.29) is 0 Å². The first kappa shape index (κ1) is 11.1. The van der Waals surface area contributed by atoms with Gasteiger partial charge in [-0.3, -0.25) is 0 Å². The molecule has 1 saturated heterocycles. The van der Waals surface area contributed by atoms with Crippen molar-refractivity contribution >= 4 is 5.69 Å². The molecule has 2 aliphatic heterocycles. The summed E-state index contributed by atoms with van der Waals surface area (Å²) in [7, 11) is 0. The summed E-state index contributed by atoms with van der Waals surface area (Å²) in [4.78, 5) is 2.59. The van der Waals surface area contributed by atoms with Gasteiger partial charge in [0.2, 0.25) is 0 Å².